The van der Waals surface area contributed by atoms with E-state index < -0.39 is 6.10 Å². The average Bonchev–Trinajstić information content (AvgIpc) is 2.70. The van der Waals surface area contributed by atoms with Gasteiger partial charge >= 0.3 is 0 Å². The van der Waals surface area contributed by atoms with Crippen molar-refractivity contribution in [3.05, 3.63) is 29.3 Å². The molecule has 3 aliphatic carbocycles. The van der Waals surface area contributed by atoms with Crippen molar-refractivity contribution in [3.63, 3.8) is 0 Å². The molecule has 0 radical (unpaired) electrons. The molecule has 108 valence electrons. The largest absolute Gasteiger partial charge is 0.508 e. The first-order valence-corrected chi connectivity index (χ1v) is 7.93. The Bertz CT molecular complexity index is 572. The summed E-state index contributed by atoms with van der Waals surface area (Å²) in [6.07, 6.45) is 4.39. The fraction of sp³-hybridized carbons (Fsp3) is 0.667. The average molecular weight is 273 g/mol. The maximum atomic E-state index is 10.5. The molecule has 0 unspecified atom stereocenters. The second-order valence-electron chi connectivity index (χ2n) is 7.26. The molecule has 2 N–H and O–H groups in total. The van der Waals surface area contributed by atoms with Crippen LogP contribution in [-0.2, 0) is 6.42 Å². The van der Waals surface area contributed by atoms with Gasteiger partial charge in [0.15, 0.2) is 0 Å². The molecule has 0 aliphatic heterocycles. The van der Waals surface area contributed by atoms with Gasteiger partial charge in [-0.15, -0.1) is 0 Å². The lowest BCUT2D eigenvalue weighted by molar-refractivity contribution is -0.0226. The van der Waals surface area contributed by atoms with E-state index in [0.717, 1.165) is 32.1 Å². The number of phenolic OH excluding ortho intramolecular Hbond substituents is 1. The second-order valence-corrected chi connectivity index (χ2v) is 7.26. The molecule has 6 atom stereocenters. The highest BCUT2D eigenvalue weighted by molar-refractivity contribution is 5.40. The Hall–Kier alpha value is -1.02. The number of benzene rings is 1. The number of hydrogen-bond donors (Lipinski definition) is 2. The summed E-state index contributed by atoms with van der Waals surface area (Å²) in [5.74, 6) is 2.02. The fourth-order valence-corrected chi connectivity index (χ4v) is 5.27. The highest BCUT2D eigenvalue weighted by atomic mass is 16.3. The van der Waals surface area contributed by atoms with Crippen molar-refractivity contribution in [2.75, 3.05) is 0 Å². The molecular formula is C18H24O2. The quantitative estimate of drug-likeness (QED) is 0.758. The highest BCUT2D eigenvalue weighted by Gasteiger charge is 2.54. The van der Waals surface area contributed by atoms with Crippen LogP contribution in [0.2, 0.25) is 0 Å². The number of aliphatic hydroxyl groups is 1. The molecular weight excluding hydrogens is 248 g/mol. The van der Waals surface area contributed by atoms with Crippen molar-refractivity contribution in [2.24, 2.45) is 17.3 Å². The third-order valence-electron chi connectivity index (χ3n) is 6.44. The number of fused-ring (bicyclic) bond motifs is 5. The topological polar surface area (TPSA) is 40.5 Å². The van der Waals surface area contributed by atoms with Crippen LogP contribution in [0.5, 0.6) is 5.75 Å². The summed E-state index contributed by atoms with van der Waals surface area (Å²) in [5, 5.41) is 20.1. The van der Waals surface area contributed by atoms with E-state index in [1.54, 1.807) is 0 Å². The molecule has 0 bridgehead atoms. The summed E-state index contributed by atoms with van der Waals surface area (Å²) in [6, 6.07) is 5.84. The van der Waals surface area contributed by atoms with Gasteiger partial charge in [0.2, 0.25) is 0 Å². The van der Waals surface area contributed by atoms with Crippen molar-refractivity contribution in [1.82, 2.24) is 0 Å². The Morgan fingerprint density at radius 3 is 3.00 bits per heavy atom. The van der Waals surface area contributed by atoms with Crippen molar-refractivity contribution < 1.29 is 11.6 Å². The smallest absolute Gasteiger partial charge is 0.115 e. The molecule has 3 aliphatic rings. The van der Waals surface area contributed by atoms with Crippen molar-refractivity contribution in [2.45, 2.75) is 57.4 Å². The molecule has 0 saturated heterocycles. The van der Waals surface area contributed by atoms with E-state index in [1.165, 1.54) is 11.1 Å². The van der Waals surface area contributed by atoms with E-state index in [0.29, 0.717) is 23.5 Å². The molecule has 2 heteroatoms. The van der Waals surface area contributed by atoms with Gasteiger partial charge in [0, 0.05) is 1.37 Å². The monoisotopic (exact) mass is 273 g/mol. The van der Waals surface area contributed by atoms with Crippen molar-refractivity contribution in [3.8, 4) is 5.75 Å². The molecule has 2 nitrogen and oxygen atoms in total. The SMILES string of the molecule is [2H][C@@H]1C[C@H]2[C@@H]3CCc4cc(O)ccc4[C@H]3CC[C@]2(C)[C@@H]1O. The lowest BCUT2D eigenvalue weighted by atomic mass is 9.55. The summed E-state index contributed by atoms with van der Waals surface area (Å²) < 4.78 is 8.15. The van der Waals surface area contributed by atoms with Crippen LogP contribution in [0.4, 0.5) is 0 Å². The zero-order valence-corrected chi connectivity index (χ0v) is 12.0. The molecule has 2 fully saturated rings. The molecule has 1 aromatic rings. The van der Waals surface area contributed by atoms with Gasteiger partial charge in [-0.05, 0) is 84.9 Å². The Labute approximate surface area is 122 Å². The maximum absolute atomic E-state index is 10.5. The van der Waals surface area contributed by atoms with Crippen LogP contribution in [0.15, 0.2) is 18.2 Å². The van der Waals surface area contributed by atoms with Crippen LogP contribution in [0.1, 0.15) is 57.4 Å². The van der Waals surface area contributed by atoms with Gasteiger partial charge in [-0.2, -0.15) is 0 Å². The minimum Gasteiger partial charge on any atom is -0.508 e. The number of aliphatic hydroxyl groups excluding tert-OH is 1. The maximum Gasteiger partial charge on any atom is 0.115 e. The summed E-state index contributed by atoms with van der Waals surface area (Å²) in [6.45, 7) is 2.21. The lowest BCUT2D eigenvalue weighted by Crippen LogP contribution is -2.43. The first-order chi connectivity index (χ1) is 10.0. The van der Waals surface area contributed by atoms with Gasteiger partial charge in [-0.25, -0.2) is 0 Å². The summed E-state index contributed by atoms with van der Waals surface area (Å²) in [4.78, 5) is 0. The van der Waals surface area contributed by atoms with Crippen molar-refractivity contribution >= 4 is 0 Å². The van der Waals surface area contributed by atoms with E-state index >= 15 is 0 Å². The molecule has 0 heterocycles. The van der Waals surface area contributed by atoms with Gasteiger partial charge in [-0.1, -0.05) is 13.0 Å². The van der Waals surface area contributed by atoms with E-state index in [9.17, 15) is 10.2 Å². The van der Waals surface area contributed by atoms with Crippen molar-refractivity contribution in [1.29, 1.82) is 0 Å². The minimum absolute atomic E-state index is 0.0536. The van der Waals surface area contributed by atoms with E-state index in [2.05, 4.69) is 13.0 Å². The molecule has 1 aromatic carbocycles. The first-order valence-electron chi connectivity index (χ1n) is 8.50. The summed E-state index contributed by atoms with van der Waals surface area (Å²) >= 11 is 0. The van der Waals surface area contributed by atoms with Crippen LogP contribution in [0.3, 0.4) is 0 Å². The summed E-state index contributed by atoms with van der Waals surface area (Å²) in [5.41, 5.74) is 2.66. The lowest BCUT2D eigenvalue weighted by Gasteiger charge is -2.50. The van der Waals surface area contributed by atoms with E-state index in [1.807, 2.05) is 12.1 Å². The summed E-state index contributed by atoms with van der Waals surface area (Å²) in [7, 11) is 0. The number of aromatic hydroxyl groups is 1. The molecule has 4 rings (SSSR count). The van der Waals surface area contributed by atoms with Crippen LogP contribution >= 0.6 is 0 Å². The predicted octanol–water partition coefficient (Wildman–Crippen LogP) is 3.61. The van der Waals surface area contributed by atoms with E-state index in [-0.39, 0.29) is 11.8 Å². The molecule has 0 spiro atoms. The van der Waals surface area contributed by atoms with Gasteiger partial charge in [0.05, 0.1) is 6.10 Å². The van der Waals surface area contributed by atoms with Gasteiger partial charge in [0.25, 0.3) is 0 Å². The van der Waals surface area contributed by atoms with Gasteiger partial charge in [0.1, 0.15) is 5.75 Å². The Balaban J connectivity index is 1.71. The Morgan fingerprint density at radius 2 is 2.15 bits per heavy atom. The van der Waals surface area contributed by atoms with Crippen LogP contribution in [-0.4, -0.2) is 16.3 Å². The number of phenols is 1. The Kier molecular flexibility index (Phi) is 2.46. The number of aryl methyl sites for hydroxylation is 1. The molecule has 0 aromatic heterocycles. The standard InChI is InChI=1S/C18H24O2/c1-18-9-8-14-13-5-3-12(19)10-11(13)2-4-15(14)16(18)6-7-17(18)20/h3,5,10,14-17,19-20H,2,4,6-9H2,1H3/t14-,15-,16+,17-,18+/m1/s1/i7D/t7-,14-,15-,16+,17-,18+. The molecule has 0 amide bonds. The predicted molar refractivity (Wildman–Crippen MR) is 78.7 cm³/mol. The van der Waals surface area contributed by atoms with Gasteiger partial charge < -0.3 is 10.2 Å². The van der Waals surface area contributed by atoms with E-state index in [4.69, 9.17) is 1.37 Å². The van der Waals surface area contributed by atoms with Gasteiger partial charge in [-0.3, -0.25) is 0 Å². The zero-order chi connectivity index (χ0) is 14.8. The highest BCUT2D eigenvalue weighted by Crippen LogP contribution is 2.60. The molecule has 20 heavy (non-hydrogen) atoms. The number of hydrogen-bond acceptors (Lipinski definition) is 2. The molecule has 2 saturated carbocycles. The third kappa shape index (κ3) is 1.60. The van der Waals surface area contributed by atoms with Crippen LogP contribution < -0.4 is 0 Å². The minimum atomic E-state index is -0.454. The second kappa shape index (κ2) is 4.24. The fourth-order valence-electron chi connectivity index (χ4n) is 5.27. The Morgan fingerprint density at radius 1 is 1.30 bits per heavy atom. The zero-order valence-electron chi connectivity index (χ0n) is 13.0. The van der Waals surface area contributed by atoms with Crippen LogP contribution in [0, 0.1) is 17.3 Å². The third-order valence-corrected chi connectivity index (χ3v) is 6.44. The number of rotatable bonds is 0. The van der Waals surface area contributed by atoms with Crippen LogP contribution in [0.25, 0.3) is 0 Å². The first kappa shape index (κ1) is 11.6. The normalized spacial score (nSPS) is 47.1.